The third-order valence-corrected chi connectivity index (χ3v) is 2.66. The normalized spacial score (nSPS) is 9.50. The fraction of sp³-hybridized carbons (Fsp3) is 0.125. The Bertz CT molecular complexity index is 271. The fourth-order valence-corrected chi connectivity index (χ4v) is 1.28. The first-order chi connectivity index (χ1) is 5.72. The molecular weight excluding hydrogens is 380 g/mol. The molecule has 0 aliphatic heterocycles. The predicted molar refractivity (Wildman–Crippen MR) is 66.7 cm³/mol. The predicted octanol–water partition coefficient (Wildman–Crippen LogP) is 2.66. The van der Waals surface area contributed by atoms with Crippen LogP contribution in [0.3, 0.4) is 0 Å². The van der Waals surface area contributed by atoms with Gasteiger partial charge < -0.3 is 5.32 Å². The molecule has 2 nitrogen and oxygen atoms in total. The van der Waals surface area contributed by atoms with Crippen LogP contribution in [-0.4, -0.2) is 10.3 Å². The summed E-state index contributed by atoms with van der Waals surface area (Å²) < 4.78 is 1.66. The van der Waals surface area contributed by atoms with Crippen molar-refractivity contribution in [3.8, 4) is 0 Å². The van der Waals surface area contributed by atoms with Crippen molar-refractivity contribution in [3.63, 3.8) is 0 Å². The molecule has 0 bridgehead atoms. The first-order valence-corrected chi connectivity index (χ1v) is 5.94. The van der Waals surface area contributed by atoms with Crippen molar-refractivity contribution in [2.45, 2.75) is 0 Å². The molecule has 0 heterocycles. The van der Waals surface area contributed by atoms with Gasteiger partial charge in [-0.1, -0.05) is 22.6 Å². The molecule has 12 heavy (non-hydrogen) atoms. The number of hydrogen-bond donors (Lipinski definition) is 1. The molecule has 0 aliphatic rings. The molecule has 1 amide bonds. The van der Waals surface area contributed by atoms with Crippen molar-refractivity contribution >= 4 is 56.8 Å². The summed E-state index contributed by atoms with van der Waals surface area (Å²) in [5.41, 5.74) is 0.858. The summed E-state index contributed by atoms with van der Waals surface area (Å²) in [4.78, 5) is 10.9. The van der Waals surface area contributed by atoms with Crippen LogP contribution in [0.25, 0.3) is 0 Å². The van der Waals surface area contributed by atoms with Crippen LogP contribution in [0.15, 0.2) is 24.3 Å². The van der Waals surface area contributed by atoms with Gasteiger partial charge in [0.15, 0.2) is 0 Å². The topological polar surface area (TPSA) is 29.1 Å². The standard InChI is InChI=1S/C8H7I2NO/c9-5-8(12)11-7-3-1-6(10)2-4-7/h1-4H,5H2,(H,11,12). The number of rotatable bonds is 2. The molecule has 4 heteroatoms. The molecule has 64 valence electrons. The minimum atomic E-state index is 0.0387. The molecule has 0 saturated heterocycles. The second-order valence-corrected chi connectivity index (χ2v) is 4.20. The molecular formula is C8H7I2NO. The Morgan fingerprint density at radius 1 is 1.33 bits per heavy atom. The van der Waals surface area contributed by atoms with E-state index in [1.54, 1.807) is 0 Å². The van der Waals surface area contributed by atoms with Gasteiger partial charge in [-0.15, -0.1) is 0 Å². The van der Waals surface area contributed by atoms with Crippen LogP contribution < -0.4 is 5.32 Å². The Kier molecular flexibility index (Phi) is 4.27. The second-order valence-electron chi connectivity index (χ2n) is 2.19. The molecule has 0 spiro atoms. The fourth-order valence-electron chi connectivity index (χ4n) is 0.728. The number of nitrogens with one attached hydrogen (secondary N) is 1. The lowest BCUT2D eigenvalue weighted by Crippen LogP contribution is -2.11. The van der Waals surface area contributed by atoms with Crippen LogP contribution in [0, 0.1) is 3.57 Å². The Morgan fingerprint density at radius 2 is 1.92 bits per heavy atom. The average Bonchev–Trinajstić information content (AvgIpc) is 2.09. The molecule has 1 N–H and O–H groups in total. The highest BCUT2D eigenvalue weighted by Gasteiger charge is 1.97. The van der Waals surface area contributed by atoms with Gasteiger partial charge >= 0.3 is 0 Å². The van der Waals surface area contributed by atoms with E-state index in [-0.39, 0.29) is 5.91 Å². The third kappa shape index (κ3) is 3.26. The number of benzene rings is 1. The van der Waals surface area contributed by atoms with Crippen molar-refractivity contribution in [1.82, 2.24) is 0 Å². The van der Waals surface area contributed by atoms with Crippen molar-refractivity contribution in [2.24, 2.45) is 0 Å². The molecule has 0 fully saturated rings. The van der Waals surface area contributed by atoms with E-state index in [1.165, 1.54) is 3.57 Å². The van der Waals surface area contributed by atoms with Gasteiger partial charge in [-0.2, -0.15) is 0 Å². The van der Waals surface area contributed by atoms with Crippen molar-refractivity contribution in [2.75, 3.05) is 9.74 Å². The third-order valence-electron chi connectivity index (χ3n) is 1.25. The van der Waals surface area contributed by atoms with E-state index >= 15 is 0 Å². The molecule has 1 aromatic carbocycles. The maximum atomic E-state index is 10.9. The molecule has 0 aliphatic carbocycles. The van der Waals surface area contributed by atoms with Gasteiger partial charge in [0.25, 0.3) is 0 Å². The highest BCUT2D eigenvalue weighted by atomic mass is 127. The number of anilines is 1. The molecule has 0 saturated carbocycles. The quantitative estimate of drug-likeness (QED) is 0.614. The van der Waals surface area contributed by atoms with E-state index in [0.29, 0.717) is 4.43 Å². The van der Waals surface area contributed by atoms with Crippen LogP contribution in [0.5, 0.6) is 0 Å². The smallest absolute Gasteiger partial charge is 0.234 e. The minimum absolute atomic E-state index is 0.0387. The Labute approximate surface area is 98.4 Å². The number of hydrogen-bond acceptors (Lipinski definition) is 1. The highest BCUT2D eigenvalue weighted by molar-refractivity contribution is 14.1. The van der Waals surface area contributed by atoms with Crippen LogP contribution in [0.4, 0.5) is 5.69 Å². The lowest BCUT2D eigenvalue weighted by Gasteiger charge is -2.01. The van der Waals surface area contributed by atoms with Crippen molar-refractivity contribution in [1.29, 1.82) is 0 Å². The van der Waals surface area contributed by atoms with Gasteiger partial charge in [0.2, 0.25) is 5.91 Å². The van der Waals surface area contributed by atoms with Gasteiger partial charge in [-0.05, 0) is 46.9 Å². The van der Waals surface area contributed by atoms with E-state index in [2.05, 4.69) is 27.9 Å². The summed E-state index contributed by atoms with van der Waals surface area (Å²) in [7, 11) is 0. The first-order valence-electron chi connectivity index (χ1n) is 3.34. The van der Waals surface area contributed by atoms with Crippen LogP contribution >= 0.6 is 45.2 Å². The molecule has 0 radical (unpaired) electrons. The van der Waals surface area contributed by atoms with Crippen molar-refractivity contribution in [3.05, 3.63) is 27.8 Å². The van der Waals surface area contributed by atoms with Gasteiger partial charge in [0.05, 0.1) is 4.43 Å². The monoisotopic (exact) mass is 387 g/mol. The number of carbonyl (C=O) groups excluding carboxylic acids is 1. The Morgan fingerprint density at radius 3 is 2.42 bits per heavy atom. The van der Waals surface area contributed by atoms with Gasteiger partial charge in [0, 0.05) is 9.26 Å². The number of amides is 1. The number of alkyl halides is 1. The van der Waals surface area contributed by atoms with Gasteiger partial charge in [-0.3, -0.25) is 4.79 Å². The molecule has 1 aromatic rings. The molecule has 1 rings (SSSR count). The maximum Gasteiger partial charge on any atom is 0.234 e. The van der Waals surface area contributed by atoms with Crippen LogP contribution in [0.2, 0.25) is 0 Å². The Balaban J connectivity index is 2.64. The van der Waals surface area contributed by atoms with Gasteiger partial charge in [0.1, 0.15) is 0 Å². The zero-order chi connectivity index (χ0) is 8.97. The average molecular weight is 387 g/mol. The zero-order valence-electron chi connectivity index (χ0n) is 6.18. The summed E-state index contributed by atoms with van der Waals surface area (Å²) in [6.45, 7) is 0. The maximum absolute atomic E-state index is 10.9. The SMILES string of the molecule is O=C(CI)Nc1ccc(I)cc1. The van der Waals surface area contributed by atoms with Crippen LogP contribution in [0.1, 0.15) is 0 Å². The Hall–Kier alpha value is 0.150. The summed E-state index contributed by atoms with van der Waals surface area (Å²) in [6.07, 6.45) is 0. The van der Waals surface area contributed by atoms with Gasteiger partial charge in [-0.25, -0.2) is 0 Å². The summed E-state index contributed by atoms with van der Waals surface area (Å²) >= 11 is 4.26. The lowest BCUT2D eigenvalue weighted by molar-refractivity contribution is -0.113. The molecule has 0 aromatic heterocycles. The zero-order valence-corrected chi connectivity index (χ0v) is 10.5. The number of halogens is 2. The largest absolute Gasteiger partial charge is 0.325 e. The first kappa shape index (κ1) is 10.2. The van der Waals surface area contributed by atoms with E-state index in [0.717, 1.165) is 5.69 Å². The van der Waals surface area contributed by atoms with E-state index in [1.807, 2.05) is 46.9 Å². The summed E-state index contributed by atoms with van der Waals surface area (Å²) in [5.74, 6) is 0.0387. The molecule has 0 atom stereocenters. The van der Waals surface area contributed by atoms with E-state index in [9.17, 15) is 4.79 Å². The summed E-state index contributed by atoms with van der Waals surface area (Å²) in [5, 5.41) is 2.77. The van der Waals surface area contributed by atoms with Crippen LogP contribution in [-0.2, 0) is 4.79 Å². The lowest BCUT2D eigenvalue weighted by atomic mass is 10.3. The number of carbonyl (C=O) groups is 1. The highest BCUT2D eigenvalue weighted by Crippen LogP contribution is 2.10. The second kappa shape index (κ2) is 5.00. The van der Waals surface area contributed by atoms with Crippen molar-refractivity contribution < 1.29 is 4.79 Å². The minimum Gasteiger partial charge on any atom is -0.325 e. The van der Waals surface area contributed by atoms with E-state index < -0.39 is 0 Å². The summed E-state index contributed by atoms with van der Waals surface area (Å²) in [6, 6.07) is 7.71. The van der Waals surface area contributed by atoms with E-state index in [4.69, 9.17) is 0 Å². The molecule has 0 unspecified atom stereocenters.